The number of nitrogens with zero attached hydrogens (tertiary/aromatic N) is 1. The summed E-state index contributed by atoms with van der Waals surface area (Å²) < 4.78 is 109. The summed E-state index contributed by atoms with van der Waals surface area (Å²) in [6.45, 7) is 7.45. The van der Waals surface area contributed by atoms with Crippen LogP contribution in [-0.2, 0) is 33.2 Å². The first-order chi connectivity index (χ1) is 24.8. The topological polar surface area (TPSA) is 113 Å². The lowest BCUT2D eigenvalue weighted by molar-refractivity contribution is -0.116. The van der Waals surface area contributed by atoms with E-state index in [4.69, 9.17) is 16.3 Å². The minimum absolute atomic E-state index is 0.00164. The van der Waals surface area contributed by atoms with E-state index in [0.29, 0.717) is 11.5 Å². The number of amides is 1. The summed E-state index contributed by atoms with van der Waals surface area (Å²) in [5.41, 5.74) is -1.23. The molecule has 1 saturated carbocycles. The van der Waals surface area contributed by atoms with Gasteiger partial charge in [0.2, 0.25) is 15.9 Å². The van der Waals surface area contributed by atoms with Gasteiger partial charge in [-0.15, -0.1) is 0 Å². The first-order valence-corrected chi connectivity index (χ1v) is 18.6. The third-order valence-corrected chi connectivity index (χ3v) is 10.1. The monoisotopic (exact) mass is 778 g/mol. The Balaban J connectivity index is 1.52. The van der Waals surface area contributed by atoms with Crippen LogP contribution in [0, 0.1) is 29.1 Å². The maximum Gasteiger partial charge on any atom is 0.335 e. The predicted octanol–water partition coefficient (Wildman–Crippen LogP) is 8.87. The summed E-state index contributed by atoms with van der Waals surface area (Å²) in [4.78, 5) is 26.8. The normalized spacial score (nSPS) is 13.2. The van der Waals surface area contributed by atoms with Crippen LogP contribution in [0.15, 0.2) is 54.6 Å². The standard InChI is InChI=1S/C38H36ClF5N2O6S/c1-5-52-29-17-23(37(48)49)11-12-28(29)46(18-20-13-24(21-9-10-21)15-25(14-20)38(2,3)4)30(47)19-53(50,51)45-36-34(43)32(41)26(33(42)35(36)44)16-22-7-6-8-27(39)31(22)40/h6-8,11-15,17,21,45H,5,9-10,16,18-19H2,1-4H3,(H,48,49). The molecule has 0 unspecified atom stereocenters. The lowest BCUT2D eigenvalue weighted by Crippen LogP contribution is -2.37. The van der Waals surface area contributed by atoms with E-state index in [1.165, 1.54) is 29.0 Å². The molecule has 282 valence electrons. The van der Waals surface area contributed by atoms with Crippen LogP contribution in [0.2, 0.25) is 5.02 Å². The number of carbonyl (C=O) groups excluding carboxylic acids is 1. The highest BCUT2D eigenvalue weighted by atomic mass is 35.5. The molecule has 4 aromatic rings. The van der Waals surface area contributed by atoms with Gasteiger partial charge in [-0.05, 0) is 77.6 Å². The van der Waals surface area contributed by atoms with Crippen molar-refractivity contribution in [2.24, 2.45) is 0 Å². The van der Waals surface area contributed by atoms with Gasteiger partial charge in [0.25, 0.3) is 0 Å². The van der Waals surface area contributed by atoms with Crippen molar-refractivity contribution in [3.8, 4) is 5.75 Å². The predicted molar refractivity (Wildman–Crippen MR) is 191 cm³/mol. The summed E-state index contributed by atoms with van der Waals surface area (Å²) in [5, 5.41) is 9.18. The van der Waals surface area contributed by atoms with E-state index in [0.717, 1.165) is 41.0 Å². The Kier molecular flexibility index (Phi) is 11.4. The molecule has 0 bridgehead atoms. The number of ether oxygens (including phenoxy) is 1. The Morgan fingerprint density at radius 3 is 2.19 bits per heavy atom. The number of hydrogen-bond donors (Lipinski definition) is 2. The number of anilines is 2. The molecule has 15 heteroatoms. The molecule has 2 N–H and O–H groups in total. The number of halogens is 6. The Bertz CT molecular complexity index is 2180. The fourth-order valence-corrected chi connectivity index (χ4v) is 6.99. The number of carbonyl (C=O) groups is 2. The Morgan fingerprint density at radius 2 is 1.60 bits per heavy atom. The third kappa shape index (κ3) is 8.93. The van der Waals surface area contributed by atoms with Crippen LogP contribution in [0.3, 0.4) is 0 Å². The zero-order chi connectivity index (χ0) is 39.0. The molecule has 1 aliphatic rings. The van der Waals surface area contributed by atoms with E-state index < -0.39 is 79.4 Å². The summed E-state index contributed by atoms with van der Waals surface area (Å²) in [6, 6.07) is 13.0. The Labute approximate surface area is 308 Å². The molecular formula is C38H36ClF5N2O6S. The van der Waals surface area contributed by atoms with Crippen LogP contribution < -0.4 is 14.4 Å². The smallest absolute Gasteiger partial charge is 0.335 e. The third-order valence-electron chi connectivity index (χ3n) is 8.69. The second-order valence-electron chi connectivity index (χ2n) is 13.7. The highest BCUT2D eigenvalue weighted by molar-refractivity contribution is 7.93. The number of carboxylic acid groups (broad SMARTS) is 1. The van der Waals surface area contributed by atoms with Gasteiger partial charge in [-0.3, -0.25) is 9.52 Å². The molecule has 53 heavy (non-hydrogen) atoms. The number of hydrogen-bond acceptors (Lipinski definition) is 5. The maximum atomic E-state index is 15.3. The first kappa shape index (κ1) is 39.5. The Morgan fingerprint density at radius 1 is 0.943 bits per heavy atom. The molecule has 0 aromatic heterocycles. The summed E-state index contributed by atoms with van der Waals surface area (Å²) in [7, 11) is -5.10. The summed E-state index contributed by atoms with van der Waals surface area (Å²) >= 11 is 5.71. The van der Waals surface area contributed by atoms with Crippen LogP contribution in [0.5, 0.6) is 5.75 Å². The maximum absolute atomic E-state index is 15.3. The molecule has 1 aliphatic carbocycles. The largest absolute Gasteiger partial charge is 0.492 e. The van der Waals surface area contributed by atoms with Crippen molar-refractivity contribution < 1.29 is 49.8 Å². The molecule has 0 radical (unpaired) electrons. The highest BCUT2D eigenvalue weighted by Gasteiger charge is 2.32. The van der Waals surface area contributed by atoms with Crippen molar-refractivity contribution >= 4 is 44.9 Å². The van der Waals surface area contributed by atoms with E-state index in [2.05, 4.69) is 6.07 Å². The first-order valence-electron chi connectivity index (χ1n) is 16.5. The number of sulfonamides is 1. The molecule has 8 nitrogen and oxygen atoms in total. The zero-order valence-electron chi connectivity index (χ0n) is 29.1. The zero-order valence-corrected chi connectivity index (χ0v) is 30.7. The molecule has 0 aliphatic heterocycles. The summed E-state index contributed by atoms with van der Waals surface area (Å²) in [5.74, 6) is -12.9. The van der Waals surface area contributed by atoms with Crippen LogP contribution >= 0.6 is 11.6 Å². The van der Waals surface area contributed by atoms with Gasteiger partial charge in [-0.25, -0.2) is 35.2 Å². The minimum atomic E-state index is -5.10. The number of rotatable bonds is 13. The van der Waals surface area contributed by atoms with E-state index in [1.807, 2.05) is 32.9 Å². The average molecular weight is 779 g/mol. The summed E-state index contributed by atoms with van der Waals surface area (Å²) in [6.07, 6.45) is 0.981. The second kappa shape index (κ2) is 15.3. The van der Waals surface area contributed by atoms with Crippen molar-refractivity contribution in [3.05, 3.63) is 122 Å². The van der Waals surface area contributed by atoms with Gasteiger partial charge in [-0.1, -0.05) is 62.7 Å². The molecule has 5 rings (SSSR count). The number of aromatic carboxylic acids is 1. The quantitative estimate of drug-likeness (QED) is 0.104. The van der Waals surface area contributed by atoms with Gasteiger partial charge in [0, 0.05) is 12.0 Å². The molecule has 0 saturated heterocycles. The van der Waals surface area contributed by atoms with E-state index in [9.17, 15) is 27.5 Å². The number of benzene rings is 4. The Hall–Kier alpha value is -4.69. The lowest BCUT2D eigenvalue weighted by Gasteiger charge is -2.27. The van der Waals surface area contributed by atoms with Gasteiger partial charge in [0.05, 0.1) is 29.4 Å². The van der Waals surface area contributed by atoms with Crippen molar-refractivity contribution in [3.63, 3.8) is 0 Å². The fraction of sp³-hybridized carbons (Fsp3) is 0.316. The number of carboxylic acids is 1. The minimum Gasteiger partial charge on any atom is -0.492 e. The van der Waals surface area contributed by atoms with Crippen molar-refractivity contribution in [2.45, 2.75) is 64.8 Å². The van der Waals surface area contributed by atoms with Gasteiger partial charge >= 0.3 is 5.97 Å². The molecule has 0 atom stereocenters. The van der Waals surface area contributed by atoms with Crippen LogP contribution in [-0.4, -0.2) is 37.8 Å². The van der Waals surface area contributed by atoms with E-state index in [1.54, 1.807) is 6.92 Å². The molecule has 0 heterocycles. The van der Waals surface area contributed by atoms with Crippen molar-refractivity contribution in [1.29, 1.82) is 0 Å². The fourth-order valence-electron chi connectivity index (χ4n) is 5.76. The van der Waals surface area contributed by atoms with Crippen LogP contribution in [0.1, 0.15) is 84.6 Å². The van der Waals surface area contributed by atoms with E-state index in [-0.39, 0.29) is 41.1 Å². The number of nitrogens with one attached hydrogen (secondary N) is 1. The highest BCUT2D eigenvalue weighted by Crippen LogP contribution is 2.42. The van der Waals surface area contributed by atoms with Gasteiger partial charge in [0.1, 0.15) is 23.0 Å². The van der Waals surface area contributed by atoms with Crippen molar-refractivity contribution in [2.75, 3.05) is 22.0 Å². The SMILES string of the molecule is CCOc1cc(C(=O)O)ccc1N(Cc1cc(C2CC2)cc(C(C)(C)C)c1)C(=O)CS(=O)(=O)Nc1c(F)c(F)c(Cc2cccc(Cl)c2F)c(F)c1F. The van der Waals surface area contributed by atoms with Crippen LogP contribution in [0.4, 0.5) is 33.3 Å². The van der Waals surface area contributed by atoms with Gasteiger partial charge in [-0.2, -0.15) is 0 Å². The average Bonchev–Trinajstić information content (AvgIpc) is 3.94. The lowest BCUT2D eigenvalue weighted by atomic mass is 9.84. The molecular weight excluding hydrogens is 743 g/mol. The van der Waals surface area contributed by atoms with E-state index >= 15 is 17.6 Å². The molecule has 1 fully saturated rings. The second-order valence-corrected chi connectivity index (χ2v) is 15.9. The van der Waals surface area contributed by atoms with Gasteiger partial charge < -0.3 is 14.7 Å². The molecule has 4 aromatic carbocycles. The van der Waals surface area contributed by atoms with Crippen LogP contribution in [0.25, 0.3) is 0 Å². The van der Waals surface area contributed by atoms with Gasteiger partial charge in [0.15, 0.2) is 23.3 Å². The molecule has 0 spiro atoms. The molecule has 1 amide bonds. The van der Waals surface area contributed by atoms with Crippen molar-refractivity contribution in [1.82, 2.24) is 0 Å².